The van der Waals surface area contributed by atoms with E-state index in [9.17, 15) is 4.79 Å². The molecular weight excluding hydrogens is 382 g/mol. The van der Waals surface area contributed by atoms with Gasteiger partial charge in [-0.25, -0.2) is 4.98 Å². The smallest absolute Gasteiger partial charge is 0.233 e. The fourth-order valence-corrected chi connectivity index (χ4v) is 4.92. The quantitative estimate of drug-likeness (QED) is 0.501. The van der Waals surface area contributed by atoms with Crippen LogP contribution >= 0.6 is 11.3 Å². The lowest BCUT2D eigenvalue weighted by molar-refractivity contribution is -0.118. The molecule has 0 saturated heterocycles. The second-order valence-electron chi connectivity index (χ2n) is 7.36. The number of amides is 1. The van der Waals surface area contributed by atoms with Crippen LogP contribution in [0.15, 0.2) is 60.1 Å². The lowest BCUT2D eigenvalue weighted by Gasteiger charge is -2.22. The highest BCUT2D eigenvalue weighted by molar-refractivity contribution is 7.15. The highest BCUT2D eigenvalue weighted by Crippen LogP contribution is 2.33. The number of carbonyl (C=O) groups is 1. The number of nitrogens with zero attached hydrogens (tertiary/aromatic N) is 3. The molecule has 0 bridgehead atoms. The molecule has 0 saturated carbocycles. The number of hydrogen-bond acceptors (Lipinski definition) is 4. The van der Waals surface area contributed by atoms with Crippen molar-refractivity contribution in [2.75, 3.05) is 12.0 Å². The number of benzene rings is 2. The summed E-state index contributed by atoms with van der Waals surface area (Å²) in [6, 6.07) is 16.2. The highest BCUT2D eigenvalue weighted by Gasteiger charge is 2.30. The van der Waals surface area contributed by atoms with E-state index in [2.05, 4.69) is 13.0 Å². The van der Waals surface area contributed by atoms with Crippen LogP contribution in [0, 0.1) is 0 Å². The number of anilines is 1. The largest absolute Gasteiger partial charge is 0.497 e. The van der Waals surface area contributed by atoms with Crippen molar-refractivity contribution >= 4 is 27.9 Å². The number of methoxy groups -OCH3 is 1. The number of ether oxygens (including phenoxy) is 1. The molecule has 5 nitrogen and oxygen atoms in total. The summed E-state index contributed by atoms with van der Waals surface area (Å²) in [7, 11) is 1.66. The summed E-state index contributed by atoms with van der Waals surface area (Å²) >= 11 is 1.56. The van der Waals surface area contributed by atoms with Gasteiger partial charge in [0, 0.05) is 34.6 Å². The molecule has 2 aromatic heterocycles. The van der Waals surface area contributed by atoms with Gasteiger partial charge in [-0.05, 0) is 49.2 Å². The summed E-state index contributed by atoms with van der Waals surface area (Å²) in [6.45, 7) is 2.11. The number of imidazole rings is 1. The number of hydrogen-bond donors (Lipinski definition) is 0. The number of carbonyl (C=O) groups excluding carboxylic acids is 1. The van der Waals surface area contributed by atoms with Crippen LogP contribution in [-0.4, -0.2) is 28.4 Å². The Bertz CT molecular complexity index is 1190. The molecule has 1 amide bonds. The minimum Gasteiger partial charge on any atom is -0.497 e. The predicted octanol–water partition coefficient (Wildman–Crippen LogP) is 4.59. The third kappa shape index (κ3) is 3.09. The molecule has 0 N–H and O–H groups in total. The van der Waals surface area contributed by atoms with Gasteiger partial charge in [0.2, 0.25) is 5.91 Å². The van der Waals surface area contributed by atoms with Crippen molar-refractivity contribution < 1.29 is 9.53 Å². The molecule has 1 aliphatic rings. The fourth-order valence-electron chi connectivity index (χ4n) is 4.04. The van der Waals surface area contributed by atoms with Crippen LogP contribution in [0.4, 0.5) is 5.69 Å². The van der Waals surface area contributed by atoms with E-state index in [0.29, 0.717) is 6.42 Å². The van der Waals surface area contributed by atoms with E-state index < -0.39 is 0 Å². The van der Waals surface area contributed by atoms with Gasteiger partial charge in [-0.3, -0.25) is 9.20 Å². The first-order chi connectivity index (χ1) is 14.1. The van der Waals surface area contributed by atoms with Gasteiger partial charge in [0.15, 0.2) is 4.96 Å². The molecule has 6 heteroatoms. The van der Waals surface area contributed by atoms with Gasteiger partial charge in [-0.1, -0.05) is 18.2 Å². The monoisotopic (exact) mass is 403 g/mol. The molecule has 5 rings (SSSR count). The van der Waals surface area contributed by atoms with Gasteiger partial charge in [-0.15, -0.1) is 11.3 Å². The van der Waals surface area contributed by atoms with Gasteiger partial charge in [-0.2, -0.15) is 0 Å². The van der Waals surface area contributed by atoms with Crippen LogP contribution in [0.3, 0.4) is 0 Å². The Morgan fingerprint density at radius 2 is 2.00 bits per heavy atom. The molecular formula is C23H21N3O2S. The van der Waals surface area contributed by atoms with Crippen molar-refractivity contribution in [1.29, 1.82) is 0 Å². The second kappa shape index (κ2) is 7.04. The van der Waals surface area contributed by atoms with Crippen molar-refractivity contribution in [1.82, 2.24) is 9.38 Å². The van der Waals surface area contributed by atoms with E-state index in [1.807, 2.05) is 63.3 Å². The molecule has 1 atom stereocenters. The Morgan fingerprint density at radius 3 is 2.79 bits per heavy atom. The Hall–Kier alpha value is -3.12. The summed E-state index contributed by atoms with van der Waals surface area (Å²) in [6.07, 6.45) is 3.28. The molecule has 29 heavy (non-hydrogen) atoms. The zero-order chi connectivity index (χ0) is 20.0. The van der Waals surface area contributed by atoms with E-state index in [1.165, 1.54) is 5.56 Å². The lowest BCUT2D eigenvalue weighted by Crippen LogP contribution is -2.37. The number of fused-ring (bicyclic) bond motifs is 2. The van der Waals surface area contributed by atoms with Crippen LogP contribution in [-0.2, 0) is 17.6 Å². The molecule has 0 spiro atoms. The van der Waals surface area contributed by atoms with Gasteiger partial charge in [0.05, 0.1) is 19.2 Å². The first-order valence-electron chi connectivity index (χ1n) is 9.64. The van der Waals surface area contributed by atoms with Crippen molar-refractivity contribution in [3.8, 4) is 17.0 Å². The third-order valence-corrected chi connectivity index (χ3v) is 6.37. The molecule has 2 aromatic carbocycles. The van der Waals surface area contributed by atoms with E-state index in [1.54, 1.807) is 18.4 Å². The zero-order valence-corrected chi connectivity index (χ0v) is 17.1. The van der Waals surface area contributed by atoms with E-state index in [-0.39, 0.29) is 11.9 Å². The van der Waals surface area contributed by atoms with E-state index >= 15 is 0 Å². The SMILES string of the molecule is COc1ccc(-c2cn3c(CC(=O)N4c5ccccc5CC4C)csc3n2)cc1. The molecule has 1 unspecified atom stereocenters. The number of para-hydroxylation sites is 1. The van der Waals surface area contributed by atoms with Crippen molar-refractivity contribution in [2.45, 2.75) is 25.8 Å². The molecule has 0 fully saturated rings. The van der Waals surface area contributed by atoms with Gasteiger partial charge < -0.3 is 9.64 Å². The first kappa shape index (κ1) is 17.9. The Balaban J connectivity index is 1.42. The second-order valence-corrected chi connectivity index (χ2v) is 8.19. The number of aromatic nitrogens is 2. The molecule has 146 valence electrons. The third-order valence-electron chi connectivity index (χ3n) is 5.48. The highest BCUT2D eigenvalue weighted by atomic mass is 32.1. The topological polar surface area (TPSA) is 46.8 Å². The van der Waals surface area contributed by atoms with E-state index in [4.69, 9.17) is 9.72 Å². The van der Waals surface area contributed by atoms with Crippen molar-refractivity contribution in [3.05, 3.63) is 71.4 Å². The number of thiazole rings is 1. The molecule has 1 aliphatic heterocycles. The molecule has 0 radical (unpaired) electrons. The van der Waals surface area contributed by atoms with Crippen LogP contribution < -0.4 is 9.64 Å². The fraction of sp³-hybridized carbons (Fsp3) is 0.217. The van der Waals surface area contributed by atoms with Crippen LogP contribution in [0.5, 0.6) is 5.75 Å². The van der Waals surface area contributed by atoms with Crippen molar-refractivity contribution in [3.63, 3.8) is 0 Å². The molecule has 4 aromatic rings. The summed E-state index contributed by atoms with van der Waals surface area (Å²) < 4.78 is 7.27. The van der Waals surface area contributed by atoms with Gasteiger partial charge in [0.25, 0.3) is 0 Å². The summed E-state index contributed by atoms with van der Waals surface area (Å²) in [5.41, 5.74) is 5.18. The van der Waals surface area contributed by atoms with E-state index in [0.717, 1.165) is 39.8 Å². The summed E-state index contributed by atoms with van der Waals surface area (Å²) in [5, 5.41) is 2.03. The zero-order valence-electron chi connectivity index (χ0n) is 16.3. The Kier molecular flexibility index (Phi) is 4.36. The van der Waals surface area contributed by atoms with Crippen LogP contribution in [0.2, 0.25) is 0 Å². The Labute approximate surface area is 173 Å². The average molecular weight is 404 g/mol. The number of rotatable bonds is 4. The van der Waals surface area contributed by atoms with Gasteiger partial charge >= 0.3 is 0 Å². The van der Waals surface area contributed by atoms with Crippen LogP contribution in [0.25, 0.3) is 16.2 Å². The van der Waals surface area contributed by atoms with Crippen molar-refractivity contribution in [2.24, 2.45) is 0 Å². The standard InChI is InChI=1S/C23H21N3O2S/c1-15-11-17-5-3-4-6-21(17)26(15)22(27)12-18-14-29-23-24-20(13-25(18)23)16-7-9-19(28-2)10-8-16/h3-10,13-15H,11-12H2,1-2H3. The lowest BCUT2D eigenvalue weighted by atomic mass is 10.1. The minimum atomic E-state index is 0.127. The maximum atomic E-state index is 13.2. The summed E-state index contributed by atoms with van der Waals surface area (Å²) in [5.74, 6) is 0.947. The maximum absolute atomic E-state index is 13.2. The Morgan fingerprint density at radius 1 is 1.21 bits per heavy atom. The maximum Gasteiger partial charge on any atom is 0.233 e. The molecule has 3 heterocycles. The minimum absolute atomic E-state index is 0.127. The predicted molar refractivity (Wildman–Crippen MR) is 116 cm³/mol. The molecule has 0 aliphatic carbocycles. The normalized spacial score (nSPS) is 15.7. The van der Waals surface area contributed by atoms with Gasteiger partial charge in [0.1, 0.15) is 5.75 Å². The summed E-state index contributed by atoms with van der Waals surface area (Å²) in [4.78, 5) is 20.7. The first-order valence-corrected chi connectivity index (χ1v) is 10.5. The van der Waals surface area contributed by atoms with Crippen LogP contribution in [0.1, 0.15) is 18.2 Å². The average Bonchev–Trinajstić information content (AvgIpc) is 3.41.